The van der Waals surface area contributed by atoms with Gasteiger partial charge >= 0.3 is 39.5 Å². The monoisotopic (exact) mass is 1360 g/mol. The van der Waals surface area contributed by atoms with Gasteiger partial charge in [-0.15, -0.1) is 0 Å². The van der Waals surface area contributed by atoms with Gasteiger partial charge in [-0.3, -0.25) is 37.3 Å². The Morgan fingerprint density at radius 3 is 0.957 bits per heavy atom. The first-order valence-corrected chi connectivity index (χ1v) is 40.7. The Hall–Kier alpha value is -2.46. The molecular formula is C74H140O17P2. The van der Waals surface area contributed by atoms with Gasteiger partial charge in [0, 0.05) is 25.7 Å². The molecule has 0 aromatic carbocycles. The summed E-state index contributed by atoms with van der Waals surface area (Å²) in [5, 5.41) is 10.6. The van der Waals surface area contributed by atoms with Crippen molar-refractivity contribution in [2.45, 2.75) is 369 Å². The van der Waals surface area contributed by atoms with E-state index in [1.165, 1.54) is 135 Å². The molecule has 0 radical (unpaired) electrons. The molecule has 3 N–H and O–H groups in total. The lowest BCUT2D eigenvalue weighted by Crippen LogP contribution is -2.30. The second-order valence-electron chi connectivity index (χ2n) is 27.2. The second kappa shape index (κ2) is 64.2. The van der Waals surface area contributed by atoms with Crippen LogP contribution in [0.1, 0.15) is 350 Å². The van der Waals surface area contributed by atoms with Crippen molar-refractivity contribution in [3.8, 4) is 0 Å². The molecule has 0 aliphatic heterocycles. The van der Waals surface area contributed by atoms with E-state index in [9.17, 15) is 43.2 Å². The molecule has 0 saturated carbocycles. The molecule has 0 rings (SSSR count). The van der Waals surface area contributed by atoms with Crippen LogP contribution in [0.2, 0.25) is 0 Å². The molecule has 93 heavy (non-hydrogen) atoms. The van der Waals surface area contributed by atoms with Crippen molar-refractivity contribution in [3.63, 3.8) is 0 Å². The molecule has 19 heteroatoms. The van der Waals surface area contributed by atoms with Crippen molar-refractivity contribution < 1.29 is 80.2 Å². The third-order valence-electron chi connectivity index (χ3n) is 16.9. The fourth-order valence-corrected chi connectivity index (χ4v) is 12.3. The van der Waals surface area contributed by atoms with Crippen molar-refractivity contribution in [2.75, 3.05) is 39.6 Å². The number of hydrogen-bond donors (Lipinski definition) is 3. The molecule has 0 amide bonds. The normalized spacial score (nSPS) is 14.6. The average Bonchev–Trinajstić information content (AvgIpc) is 2.67. The Labute approximate surface area is 567 Å². The highest BCUT2D eigenvalue weighted by Gasteiger charge is 2.30. The van der Waals surface area contributed by atoms with Crippen molar-refractivity contribution in [1.29, 1.82) is 0 Å². The Morgan fingerprint density at radius 1 is 0.355 bits per heavy atom. The predicted molar refractivity (Wildman–Crippen MR) is 377 cm³/mol. The van der Waals surface area contributed by atoms with Crippen LogP contribution in [0.5, 0.6) is 0 Å². The lowest BCUT2D eigenvalue weighted by atomic mass is 9.99. The summed E-state index contributed by atoms with van der Waals surface area (Å²) >= 11 is 0. The molecule has 548 valence electrons. The number of hydrogen-bond acceptors (Lipinski definition) is 15. The van der Waals surface area contributed by atoms with E-state index in [-0.39, 0.29) is 25.7 Å². The smallest absolute Gasteiger partial charge is 0.462 e. The van der Waals surface area contributed by atoms with E-state index in [0.29, 0.717) is 31.6 Å². The number of ether oxygens (including phenoxy) is 4. The highest BCUT2D eigenvalue weighted by Crippen LogP contribution is 2.45. The number of aliphatic hydroxyl groups excluding tert-OH is 1. The number of rotatable bonds is 70. The van der Waals surface area contributed by atoms with Crippen LogP contribution in [0, 0.1) is 17.8 Å². The predicted octanol–water partition coefficient (Wildman–Crippen LogP) is 21.0. The molecule has 6 atom stereocenters. The topological polar surface area (TPSA) is 237 Å². The molecule has 0 aliphatic rings. The lowest BCUT2D eigenvalue weighted by molar-refractivity contribution is -0.161. The number of unbranched alkanes of at least 4 members (excludes halogenated alkanes) is 34. The Bertz CT molecular complexity index is 1910. The Kier molecular flexibility index (Phi) is 62.5. The SMILES string of the molecule is CCCCCC/C=C\C=C/CCCCCCCC(=O)OC[C@H](COP(=O)(O)OCC(O)COP(=O)(O)OC[C@@H](COC(=O)CCCCCCCCCC(C)C)OC(=O)CCCCCCCCCCC(C)CC)OC(=O)CCCCCCCCCCCCCCCC(C)C. The molecule has 0 aromatic heterocycles. The van der Waals surface area contributed by atoms with Gasteiger partial charge in [-0.1, -0.05) is 297 Å². The summed E-state index contributed by atoms with van der Waals surface area (Å²) in [5.74, 6) is 0.102. The first-order chi connectivity index (χ1) is 44.8. The van der Waals surface area contributed by atoms with Crippen molar-refractivity contribution in [1.82, 2.24) is 0 Å². The molecule has 0 aromatic rings. The number of allylic oxidation sites excluding steroid dienone is 4. The number of carbonyl (C=O) groups is 4. The average molecular weight is 1360 g/mol. The van der Waals surface area contributed by atoms with Crippen LogP contribution in [-0.2, 0) is 65.4 Å². The number of phosphoric ester groups is 2. The minimum atomic E-state index is -4.96. The maximum atomic E-state index is 13.1. The fraction of sp³-hybridized carbons (Fsp3) is 0.892. The van der Waals surface area contributed by atoms with Gasteiger partial charge in [-0.05, 0) is 69.1 Å². The van der Waals surface area contributed by atoms with Gasteiger partial charge in [-0.25, -0.2) is 9.13 Å². The highest BCUT2D eigenvalue weighted by atomic mass is 31.2. The van der Waals surface area contributed by atoms with Gasteiger partial charge < -0.3 is 33.8 Å². The summed E-state index contributed by atoms with van der Waals surface area (Å²) in [6.07, 6.45) is 52.2. The van der Waals surface area contributed by atoms with Crippen molar-refractivity contribution >= 4 is 39.5 Å². The minimum absolute atomic E-state index is 0.0998. The lowest BCUT2D eigenvalue weighted by Gasteiger charge is -2.21. The highest BCUT2D eigenvalue weighted by molar-refractivity contribution is 7.47. The van der Waals surface area contributed by atoms with Crippen LogP contribution >= 0.6 is 15.6 Å². The van der Waals surface area contributed by atoms with E-state index in [2.05, 4.69) is 72.8 Å². The van der Waals surface area contributed by atoms with E-state index >= 15 is 0 Å². The van der Waals surface area contributed by atoms with Gasteiger partial charge in [0.25, 0.3) is 0 Å². The van der Waals surface area contributed by atoms with E-state index in [1.807, 2.05) is 0 Å². The summed E-state index contributed by atoms with van der Waals surface area (Å²) in [6.45, 7) is 11.8. The van der Waals surface area contributed by atoms with E-state index < -0.39 is 97.5 Å². The maximum Gasteiger partial charge on any atom is 0.472 e. The molecular weight excluding hydrogens is 1220 g/mol. The summed E-state index contributed by atoms with van der Waals surface area (Å²) in [6, 6.07) is 0. The first kappa shape index (κ1) is 90.5. The van der Waals surface area contributed by atoms with Crippen molar-refractivity contribution in [2.24, 2.45) is 17.8 Å². The number of phosphoric acid groups is 2. The zero-order chi connectivity index (χ0) is 68.7. The molecule has 0 bridgehead atoms. The van der Waals surface area contributed by atoms with Gasteiger partial charge in [0.1, 0.15) is 19.3 Å². The zero-order valence-corrected chi connectivity index (χ0v) is 62.0. The fourth-order valence-electron chi connectivity index (χ4n) is 10.7. The third kappa shape index (κ3) is 66.6. The summed E-state index contributed by atoms with van der Waals surface area (Å²) in [4.78, 5) is 72.7. The quantitative estimate of drug-likeness (QED) is 0.0169. The van der Waals surface area contributed by atoms with Gasteiger partial charge in [0.2, 0.25) is 0 Å². The van der Waals surface area contributed by atoms with Crippen LogP contribution in [0.25, 0.3) is 0 Å². The summed E-state index contributed by atoms with van der Waals surface area (Å²) in [5.41, 5.74) is 0. The van der Waals surface area contributed by atoms with E-state index in [1.54, 1.807) is 0 Å². The van der Waals surface area contributed by atoms with Gasteiger partial charge in [-0.2, -0.15) is 0 Å². The molecule has 0 fully saturated rings. The van der Waals surface area contributed by atoms with Crippen LogP contribution in [0.4, 0.5) is 0 Å². The molecule has 17 nitrogen and oxygen atoms in total. The van der Waals surface area contributed by atoms with Crippen LogP contribution < -0.4 is 0 Å². The molecule has 4 unspecified atom stereocenters. The molecule has 0 spiro atoms. The standard InChI is InChI=1S/C74H140O17P2/c1-8-10-11-12-13-14-15-16-17-20-23-26-34-41-48-55-71(76)84-61-69(90-73(78)57-50-43-35-27-24-21-18-19-22-25-31-38-45-52-65(3)4)63-88-92(80,81)86-59-68(75)60-87-93(82,83)89-64-70(62-85-72(77)56-49-42-37-30-32-39-46-53-66(5)6)91-74(79)58-51-44-36-29-28-33-40-47-54-67(7)9-2/h14-17,65-70,75H,8-13,18-64H2,1-7H3,(H,80,81)(H,82,83)/b15-14-,17-16-/t67?,68?,69-,70-/m1/s1. The van der Waals surface area contributed by atoms with Gasteiger partial charge in [0.15, 0.2) is 12.2 Å². The second-order valence-corrected chi connectivity index (χ2v) is 30.1. The number of carbonyl (C=O) groups excluding carboxylic acids is 4. The molecule has 0 aliphatic carbocycles. The minimum Gasteiger partial charge on any atom is -0.462 e. The zero-order valence-electron chi connectivity index (χ0n) is 60.2. The molecule has 0 saturated heterocycles. The third-order valence-corrected chi connectivity index (χ3v) is 18.8. The van der Waals surface area contributed by atoms with Crippen molar-refractivity contribution in [3.05, 3.63) is 24.3 Å². The van der Waals surface area contributed by atoms with Crippen LogP contribution in [0.15, 0.2) is 24.3 Å². The first-order valence-electron chi connectivity index (χ1n) is 37.7. The largest absolute Gasteiger partial charge is 0.472 e. The number of aliphatic hydroxyl groups is 1. The summed E-state index contributed by atoms with van der Waals surface area (Å²) < 4.78 is 68.4. The Morgan fingerprint density at radius 2 is 0.634 bits per heavy atom. The molecule has 0 heterocycles. The van der Waals surface area contributed by atoms with Crippen LogP contribution in [-0.4, -0.2) is 96.7 Å². The maximum absolute atomic E-state index is 13.1. The van der Waals surface area contributed by atoms with E-state index in [4.69, 9.17) is 37.0 Å². The van der Waals surface area contributed by atoms with Crippen LogP contribution in [0.3, 0.4) is 0 Å². The number of esters is 4. The van der Waals surface area contributed by atoms with Gasteiger partial charge in [0.05, 0.1) is 26.4 Å². The van der Waals surface area contributed by atoms with E-state index in [0.717, 1.165) is 127 Å². The Balaban J connectivity index is 5.29. The summed E-state index contributed by atoms with van der Waals surface area (Å²) in [7, 11) is -9.92.